The molecular weight excluding hydrogens is 605 g/mol. The molecule has 238 valence electrons. The van der Waals surface area contributed by atoms with Gasteiger partial charge in [-0.25, -0.2) is 15.0 Å². The van der Waals surface area contributed by atoms with Crippen molar-refractivity contribution >= 4 is 40.2 Å². The second kappa shape index (κ2) is 13.8. The van der Waals surface area contributed by atoms with Gasteiger partial charge in [-0.2, -0.15) is 0 Å². The summed E-state index contributed by atoms with van der Waals surface area (Å²) >= 11 is 1.58. The van der Waals surface area contributed by atoms with Gasteiger partial charge in [-0.05, 0) is 99.5 Å². The Labute approximate surface area is 279 Å². The molecule has 7 rings (SSSR count). The fourth-order valence-corrected chi connectivity index (χ4v) is 6.95. The Balaban J connectivity index is 1.13. The van der Waals surface area contributed by atoms with E-state index in [4.69, 9.17) is 9.97 Å². The molecule has 6 aromatic rings. The van der Waals surface area contributed by atoms with Crippen molar-refractivity contribution in [3.8, 4) is 22.6 Å². The van der Waals surface area contributed by atoms with Crippen LogP contribution in [0.2, 0.25) is 0 Å². The second-order valence-electron chi connectivity index (χ2n) is 12.2. The van der Waals surface area contributed by atoms with Crippen molar-refractivity contribution in [1.82, 2.24) is 29.2 Å². The van der Waals surface area contributed by atoms with E-state index < -0.39 is 0 Å². The van der Waals surface area contributed by atoms with E-state index in [1.807, 2.05) is 76.6 Å². The van der Waals surface area contributed by atoms with Crippen LogP contribution < -0.4 is 10.6 Å². The van der Waals surface area contributed by atoms with Gasteiger partial charge in [0.15, 0.2) is 0 Å². The third-order valence-electron chi connectivity index (χ3n) is 8.64. The topological polar surface area (TPSA) is 90.7 Å². The van der Waals surface area contributed by atoms with Crippen LogP contribution in [0.4, 0.5) is 17.3 Å². The maximum atomic E-state index is 12.7. The molecule has 1 amide bonds. The number of nitrogens with one attached hydrogen (secondary N) is 2. The number of piperidine rings is 1. The molecule has 10 heteroatoms. The first kappa shape index (κ1) is 30.7. The summed E-state index contributed by atoms with van der Waals surface area (Å²) in [6.45, 7) is 3.14. The van der Waals surface area contributed by atoms with Crippen LogP contribution in [0.5, 0.6) is 0 Å². The number of amides is 1. The summed E-state index contributed by atoms with van der Waals surface area (Å²) in [5, 5.41) is 8.47. The number of nitrogens with zero attached hydrogens (tertiary/aromatic N) is 6. The predicted octanol–water partition coefficient (Wildman–Crippen LogP) is 6.97. The van der Waals surface area contributed by atoms with Gasteiger partial charge < -0.3 is 15.5 Å². The third-order valence-corrected chi connectivity index (χ3v) is 9.52. The highest BCUT2D eigenvalue weighted by Crippen LogP contribution is 2.33. The molecule has 1 aliphatic heterocycles. The number of benzene rings is 2. The zero-order chi connectivity index (χ0) is 32.2. The number of aromatic nitrogens is 4. The molecule has 2 N–H and O–H groups in total. The molecule has 47 heavy (non-hydrogen) atoms. The molecule has 5 heterocycles. The zero-order valence-electron chi connectivity index (χ0n) is 26.6. The predicted molar refractivity (Wildman–Crippen MR) is 190 cm³/mol. The molecule has 1 fully saturated rings. The Bertz CT molecular complexity index is 1980. The SMILES string of the molecule is CN(C)C1CCN(Cc2cccc(Nc3nccc(-c4c(-c5cccc(NC(=O)Cc6cccs6)c5)nc5ccccn45)n3)c2)CC1. The average molecular weight is 643 g/mol. The zero-order valence-corrected chi connectivity index (χ0v) is 27.5. The van der Waals surface area contributed by atoms with Crippen LogP contribution in [0.1, 0.15) is 23.3 Å². The van der Waals surface area contributed by atoms with Crippen molar-refractivity contribution in [2.24, 2.45) is 0 Å². The molecule has 4 aromatic heterocycles. The molecule has 0 spiro atoms. The van der Waals surface area contributed by atoms with Crippen molar-refractivity contribution in [2.75, 3.05) is 37.8 Å². The van der Waals surface area contributed by atoms with E-state index in [9.17, 15) is 4.79 Å². The van der Waals surface area contributed by atoms with Gasteiger partial charge in [0.1, 0.15) is 5.65 Å². The van der Waals surface area contributed by atoms with Gasteiger partial charge in [-0.15, -0.1) is 11.3 Å². The molecule has 0 saturated carbocycles. The van der Waals surface area contributed by atoms with E-state index in [-0.39, 0.29) is 5.91 Å². The summed E-state index contributed by atoms with van der Waals surface area (Å²) in [7, 11) is 4.35. The number of imidazole rings is 1. The molecule has 9 nitrogen and oxygen atoms in total. The molecular formula is C37H38N8OS. The van der Waals surface area contributed by atoms with Gasteiger partial charge >= 0.3 is 0 Å². The minimum atomic E-state index is -0.0516. The molecule has 0 aliphatic carbocycles. The summed E-state index contributed by atoms with van der Waals surface area (Å²) in [4.78, 5) is 33.2. The van der Waals surface area contributed by atoms with E-state index in [1.165, 1.54) is 18.4 Å². The largest absolute Gasteiger partial charge is 0.326 e. The van der Waals surface area contributed by atoms with Gasteiger partial charge in [0, 0.05) is 46.8 Å². The van der Waals surface area contributed by atoms with Crippen LogP contribution in [-0.4, -0.2) is 68.3 Å². The van der Waals surface area contributed by atoms with Gasteiger partial charge in [0.2, 0.25) is 11.9 Å². The Kier molecular flexibility index (Phi) is 9.05. The van der Waals surface area contributed by atoms with E-state index >= 15 is 0 Å². The van der Waals surface area contributed by atoms with Crippen LogP contribution in [0, 0.1) is 0 Å². The first-order valence-electron chi connectivity index (χ1n) is 16.0. The van der Waals surface area contributed by atoms with Gasteiger partial charge in [-0.1, -0.05) is 36.4 Å². The van der Waals surface area contributed by atoms with Crippen LogP contribution in [-0.2, 0) is 17.8 Å². The molecule has 1 aliphatic rings. The van der Waals surface area contributed by atoms with Crippen molar-refractivity contribution in [3.63, 3.8) is 0 Å². The number of pyridine rings is 1. The lowest BCUT2D eigenvalue weighted by molar-refractivity contribution is -0.115. The third kappa shape index (κ3) is 7.25. The minimum absolute atomic E-state index is 0.0516. The Morgan fingerprint density at radius 3 is 2.62 bits per heavy atom. The maximum absolute atomic E-state index is 12.7. The van der Waals surface area contributed by atoms with Crippen LogP contribution >= 0.6 is 11.3 Å². The molecule has 2 aromatic carbocycles. The summed E-state index contributed by atoms with van der Waals surface area (Å²) in [6, 6.07) is 28.8. The summed E-state index contributed by atoms with van der Waals surface area (Å²) in [6.07, 6.45) is 6.51. The summed E-state index contributed by atoms with van der Waals surface area (Å²) < 4.78 is 2.05. The van der Waals surface area contributed by atoms with E-state index in [1.54, 1.807) is 17.5 Å². The number of carbonyl (C=O) groups excluding carboxylic acids is 1. The quantitative estimate of drug-likeness (QED) is 0.167. The van der Waals surface area contributed by atoms with Crippen molar-refractivity contribution in [2.45, 2.75) is 31.8 Å². The van der Waals surface area contributed by atoms with Crippen molar-refractivity contribution in [1.29, 1.82) is 0 Å². The number of hydrogen-bond donors (Lipinski definition) is 2. The monoisotopic (exact) mass is 642 g/mol. The minimum Gasteiger partial charge on any atom is -0.326 e. The smallest absolute Gasteiger partial charge is 0.229 e. The molecule has 0 radical (unpaired) electrons. The first-order chi connectivity index (χ1) is 23.0. The molecule has 0 atom stereocenters. The van der Waals surface area contributed by atoms with Crippen LogP contribution in [0.3, 0.4) is 0 Å². The van der Waals surface area contributed by atoms with Crippen LogP contribution in [0.25, 0.3) is 28.3 Å². The van der Waals surface area contributed by atoms with E-state index in [0.29, 0.717) is 18.4 Å². The highest BCUT2D eigenvalue weighted by molar-refractivity contribution is 7.10. The van der Waals surface area contributed by atoms with E-state index in [2.05, 4.69) is 63.8 Å². The van der Waals surface area contributed by atoms with Gasteiger partial charge in [0.05, 0.1) is 23.5 Å². The lowest BCUT2D eigenvalue weighted by Crippen LogP contribution is -2.41. The first-order valence-corrected chi connectivity index (χ1v) is 16.8. The fraction of sp³-hybridized carbons (Fsp3) is 0.243. The van der Waals surface area contributed by atoms with E-state index in [0.717, 1.165) is 64.2 Å². The highest BCUT2D eigenvalue weighted by atomic mass is 32.1. The summed E-state index contributed by atoms with van der Waals surface area (Å²) in [5.74, 6) is 0.460. The standard InChI is InChI=1S/C37H38N8OS/c1-43(2)30-15-19-44(20-16-30)25-26-8-5-10-28(22-26)40-37-38-17-14-32(41-37)36-35(42-33-13-3-4-18-45(33)36)27-9-6-11-29(23-27)39-34(46)24-31-12-7-21-47-31/h3-14,17-18,21-23,30H,15-16,19-20,24-25H2,1-2H3,(H,39,46)(H,38,40,41). The van der Waals surface area contributed by atoms with Crippen molar-refractivity contribution < 1.29 is 4.79 Å². The number of thiophene rings is 1. The molecule has 0 bridgehead atoms. The second-order valence-corrected chi connectivity index (χ2v) is 13.2. The van der Waals surface area contributed by atoms with Crippen molar-refractivity contribution in [3.05, 3.63) is 113 Å². The number of hydrogen-bond acceptors (Lipinski definition) is 8. The maximum Gasteiger partial charge on any atom is 0.229 e. The molecule has 1 saturated heterocycles. The normalized spacial score (nSPS) is 14.1. The Morgan fingerprint density at radius 1 is 0.936 bits per heavy atom. The Hall–Kier alpha value is -4.90. The van der Waals surface area contributed by atoms with Gasteiger partial charge in [-0.3, -0.25) is 14.1 Å². The fourth-order valence-electron chi connectivity index (χ4n) is 6.24. The Morgan fingerprint density at radius 2 is 1.79 bits per heavy atom. The highest BCUT2D eigenvalue weighted by Gasteiger charge is 2.21. The molecule has 0 unspecified atom stereocenters. The average Bonchev–Trinajstić information content (AvgIpc) is 3.73. The lowest BCUT2D eigenvalue weighted by Gasteiger charge is -2.35. The van der Waals surface area contributed by atoms with Gasteiger partial charge in [0.25, 0.3) is 0 Å². The number of anilines is 3. The number of carbonyl (C=O) groups is 1. The number of fused-ring (bicyclic) bond motifs is 1. The lowest BCUT2D eigenvalue weighted by atomic mass is 10.0. The number of rotatable bonds is 10. The number of likely N-dealkylation sites (tertiary alicyclic amines) is 1. The van der Waals surface area contributed by atoms with Crippen LogP contribution in [0.15, 0.2) is 103 Å². The summed E-state index contributed by atoms with van der Waals surface area (Å²) in [5.41, 5.74) is 6.99.